The second-order valence-corrected chi connectivity index (χ2v) is 9.21. The van der Waals surface area contributed by atoms with Crippen LogP contribution in [0, 0.1) is 0 Å². The first-order chi connectivity index (χ1) is 12.9. The quantitative estimate of drug-likeness (QED) is 0.474. The Hall–Kier alpha value is -2.27. The molecule has 138 valence electrons. The largest absolute Gasteiger partial charge is 0.328 e. The van der Waals surface area contributed by atoms with Gasteiger partial charge in [0.15, 0.2) is 5.13 Å². The van der Waals surface area contributed by atoms with Crippen LogP contribution in [0.4, 0.5) is 16.5 Å². The Labute approximate surface area is 168 Å². The van der Waals surface area contributed by atoms with Gasteiger partial charge in [0, 0.05) is 16.6 Å². The molecule has 0 amide bonds. The summed E-state index contributed by atoms with van der Waals surface area (Å²) in [5, 5.41) is 6.35. The average molecular weight is 438 g/mol. The molecule has 2 heterocycles. The number of anilines is 3. The lowest BCUT2D eigenvalue weighted by Gasteiger charge is -2.06. The maximum absolute atomic E-state index is 11.3. The van der Waals surface area contributed by atoms with Gasteiger partial charge in [0.25, 0.3) is 0 Å². The molecule has 0 atom stereocenters. The summed E-state index contributed by atoms with van der Waals surface area (Å²) in [7, 11) is -3.30. The molecular weight excluding hydrogens is 426 g/mol. The summed E-state index contributed by atoms with van der Waals surface area (Å²) in [5.74, 6) is 0. The molecule has 0 aliphatic heterocycles. The molecular formula is C16H12ClN5O2S3. The van der Waals surface area contributed by atoms with Gasteiger partial charge < -0.3 is 5.32 Å². The first-order valence-corrected chi connectivity index (χ1v) is 11.5. The van der Waals surface area contributed by atoms with E-state index >= 15 is 0 Å². The average Bonchev–Trinajstić information content (AvgIpc) is 3.26. The minimum Gasteiger partial charge on any atom is -0.328 e. The van der Waals surface area contributed by atoms with E-state index in [0.29, 0.717) is 27.0 Å². The van der Waals surface area contributed by atoms with Crippen molar-refractivity contribution < 1.29 is 8.42 Å². The molecule has 4 rings (SSSR count). The summed E-state index contributed by atoms with van der Waals surface area (Å²) in [5.41, 5.74) is 4.31. The molecule has 2 aromatic heterocycles. The molecule has 7 nitrogen and oxygen atoms in total. The van der Waals surface area contributed by atoms with Gasteiger partial charge in [0.1, 0.15) is 11.0 Å². The smallest absolute Gasteiger partial charge is 0.229 e. The lowest BCUT2D eigenvalue weighted by atomic mass is 10.1. The van der Waals surface area contributed by atoms with Gasteiger partial charge in [-0.25, -0.2) is 13.4 Å². The van der Waals surface area contributed by atoms with Crippen molar-refractivity contribution in [1.29, 1.82) is 0 Å². The normalized spacial score (nSPS) is 11.6. The number of aromatic nitrogens is 3. The Morgan fingerprint density at radius 3 is 2.59 bits per heavy atom. The van der Waals surface area contributed by atoms with Crippen LogP contribution in [-0.2, 0) is 10.0 Å². The fourth-order valence-electron chi connectivity index (χ4n) is 2.44. The van der Waals surface area contributed by atoms with Crippen molar-refractivity contribution in [2.24, 2.45) is 0 Å². The standard InChI is InChI=1S/C16H12ClN5O2S3/c1-27(23,24)22-10-4-2-9(3-5-10)13-8-25-16(18-13)19-14-11(17)6-7-12-15(14)21-26-20-12/h2-8,22H,1H3,(H,18,19). The van der Waals surface area contributed by atoms with Gasteiger partial charge in [-0.3, -0.25) is 4.72 Å². The molecule has 0 saturated heterocycles. The number of benzene rings is 2. The Balaban J connectivity index is 1.58. The molecule has 2 aromatic carbocycles. The Kier molecular flexibility index (Phi) is 4.72. The van der Waals surface area contributed by atoms with Crippen LogP contribution in [0.3, 0.4) is 0 Å². The first-order valence-electron chi connectivity index (χ1n) is 7.60. The van der Waals surface area contributed by atoms with Gasteiger partial charge in [0.2, 0.25) is 10.0 Å². The lowest BCUT2D eigenvalue weighted by molar-refractivity contribution is 0.607. The molecule has 27 heavy (non-hydrogen) atoms. The van der Waals surface area contributed by atoms with E-state index in [1.54, 1.807) is 18.2 Å². The Morgan fingerprint density at radius 2 is 1.85 bits per heavy atom. The molecule has 2 N–H and O–H groups in total. The number of halogens is 1. The van der Waals surface area contributed by atoms with Crippen molar-refractivity contribution in [2.45, 2.75) is 0 Å². The highest BCUT2D eigenvalue weighted by molar-refractivity contribution is 7.92. The summed E-state index contributed by atoms with van der Waals surface area (Å²) >= 11 is 8.86. The van der Waals surface area contributed by atoms with Crippen molar-refractivity contribution in [3.8, 4) is 11.3 Å². The number of nitrogens with zero attached hydrogens (tertiary/aromatic N) is 3. The highest BCUT2D eigenvalue weighted by Crippen LogP contribution is 2.34. The first kappa shape index (κ1) is 18.1. The van der Waals surface area contributed by atoms with Crippen LogP contribution in [0.1, 0.15) is 0 Å². The van der Waals surface area contributed by atoms with Crippen molar-refractivity contribution in [3.05, 3.63) is 46.8 Å². The SMILES string of the molecule is CS(=O)(=O)Nc1ccc(-c2csc(Nc3c(Cl)ccc4nsnc34)n2)cc1. The zero-order chi connectivity index (χ0) is 19.0. The molecule has 4 aromatic rings. The summed E-state index contributed by atoms with van der Waals surface area (Å²) in [4.78, 5) is 4.58. The molecule has 11 heteroatoms. The van der Waals surface area contributed by atoms with Crippen LogP contribution in [0.25, 0.3) is 22.3 Å². The summed E-state index contributed by atoms with van der Waals surface area (Å²) in [6.07, 6.45) is 1.11. The number of hydrogen-bond donors (Lipinski definition) is 2. The van der Waals surface area contributed by atoms with E-state index in [1.165, 1.54) is 11.3 Å². The lowest BCUT2D eigenvalue weighted by Crippen LogP contribution is -2.09. The third kappa shape index (κ3) is 4.03. The fourth-order valence-corrected chi connectivity index (χ4v) is 4.47. The van der Waals surface area contributed by atoms with Gasteiger partial charge >= 0.3 is 0 Å². The molecule has 0 fully saturated rings. The number of nitrogens with one attached hydrogen (secondary N) is 2. The Morgan fingerprint density at radius 1 is 1.07 bits per heavy atom. The van der Waals surface area contributed by atoms with E-state index in [4.69, 9.17) is 11.6 Å². The van der Waals surface area contributed by atoms with E-state index in [1.807, 2.05) is 23.6 Å². The minimum absolute atomic E-state index is 0.504. The van der Waals surface area contributed by atoms with Gasteiger partial charge in [0.05, 0.1) is 34.4 Å². The highest BCUT2D eigenvalue weighted by Gasteiger charge is 2.13. The molecule has 0 aliphatic rings. The van der Waals surface area contributed by atoms with Crippen molar-refractivity contribution >= 4 is 72.2 Å². The summed E-state index contributed by atoms with van der Waals surface area (Å²) < 4.78 is 33.5. The topological polar surface area (TPSA) is 96.9 Å². The van der Waals surface area contributed by atoms with Crippen molar-refractivity contribution in [3.63, 3.8) is 0 Å². The maximum Gasteiger partial charge on any atom is 0.229 e. The molecule has 0 bridgehead atoms. The van der Waals surface area contributed by atoms with Gasteiger partial charge in [-0.2, -0.15) is 8.75 Å². The van der Waals surface area contributed by atoms with Gasteiger partial charge in [-0.15, -0.1) is 11.3 Å². The third-order valence-corrected chi connectivity index (χ3v) is 5.82. The zero-order valence-corrected chi connectivity index (χ0v) is 17.0. The van der Waals surface area contributed by atoms with Crippen LogP contribution in [0.5, 0.6) is 0 Å². The van der Waals surface area contributed by atoms with E-state index in [9.17, 15) is 8.42 Å². The number of thiazole rings is 1. The number of fused-ring (bicyclic) bond motifs is 1. The fraction of sp³-hybridized carbons (Fsp3) is 0.0625. The van der Waals surface area contributed by atoms with E-state index in [-0.39, 0.29) is 0 Å². The predicted octanol–water partition coefficient (Wildman–Crippen LogP) is 4.58. The maximum atomic E-state index is 11.3. The number of sulfonamides is 1. The summed E-state index contributed by atoms with van der Waals surface area (Å²) in [6, 6.07) is 10.6. The molecule has 0 aliphatic carbocycles. The minimum atomic E-state index is -3.30. The second-order valence-electron chi connectivity index (χ2n) is 5.67. The second kappa shape index (κ2) is 7.04. The van der Waals surface area contributed by atoms with E-state index in [0.717, 1.165) is 34.8 Å². The Bertz CT molecular complexity index is 1220. The van der Waals surface area contributed by atoms with Gasteiger partial charge in [-0.1, -0.05) is 23.7 Å². The molecule has 0 unspecified atom stereocenters. The van der Waals surface area contributed by atoms with Gasteiger partial charge in [-0.05, 0) is 24.3 Å². The zero-order valence-electron chi connectivity index (χ0n) is 13.8. The monoisotopic (exact) mass is 437 g/mol. The van der Waals surface area contributed by atoms with E-state index in [2.05, 4.69) is 23.8 Å². The number of rotatable bonds is 5. The van der Waals surface area contributed by atoms with E-state index < -0.39 is 10.0 Å². The van der Waals surface area contributed by atoms with Crippen LogP contribution in [-0.4, -0.2) is 28.4 Å². The molecule has 0 radical (unpaired) electrons. The number of hydrogen-bond acceptors (Lipinski definition) is 8. The van der Waals surface area contributed by atoms with Crippen molar-refractivity contribution in [2.75, 3.05) is 16.3 Å². The van der Waals surface area contributed by atoms with Crippen LogP contribution < -0.4 is 10.0 Å². The van der Waals surface area contributed by atoms with Crippen LogP contribution in [0.15, 0.2) is 41.8 Å². The predicted molar refractivity (Wildman–Crippen MR) is 112 cm³/mol. The summed E-state index contributed by atoms with van der Waals surface area (Å²) in [6.45, 7) is 0. The van der Waals surface area contributed by atoms with Crippen molar-refractivity contribution in [1.82, 2.24) is 13.7 Å². The van der Waals surface area contributed by atoms with Crippen LogP contribution >= 0.6 is 34.7 Å². The third-order valence-electron chi connectivity index (χ3n) is 3.60. The van der Waals surface area contributed by atoms with Crippen LogP contribution in [0.2, 0.25) is 5.02 Å². The molecule has 0 spiro atoms. The molecule has 0 saturated carbocycles. The highest BCUT2D eigenvalue weighted by atomic mass is 35.5.